The van der Waals surface area contributed by atoms with Crippen molar-refractivity contribution in [3.8, 4) is 0 Å². The number of piperazine rings is 1. The van der Waals surface area contributed by atoms with Crippen LogP contribution in [0, 0.1) is 0 Å². The minimum absolute atomic E-state index is 0.628. The van der Waals surface area contributed by atoms with Crippen LogP contribution in [0.4, 0.5) is 16.9 Å². The second kappa shape index (κ2) is 5.92. The third-order valence-corrected chi connectivity index (χ3v) is 5.08. The van der Waals surface area contributed by atoms with Crippen molar-refractivity contribution >= 4 is 28.4 Å². The van der Waals surface area contributed by atoms with E-state index in [9.17, 15) is 0 Å². The fraction of sp³-hybridized carbons (Fsp3) is 0.600. The van der Waals surface area contributed by atoms with E-state index in [-0.39, 0.29) is 0 Å². The Bertz CT molecular complexity index is 674. The lowest BCUT2D eigenvalue weighted by Gasteiger charge is -2.34. The second-order valence-electron chi connectivity index (χ2n) is 6.29. The first-order valence-corrected chi connectivity index (χ1v) is 8.82. The van der Waals surface area contributed by atoms with Crippen LogP contribution in [0.15, 0.2) is 12.3 Å². The molecule has 2 aromatic rings. The van der Waals surface area contributed by atoms with Gasteiger partial charge in [0.05, 0.1) is 0 Å². The first-order valence-electron chi connectivity index (χ1n) is 8.04. The molecular weight excluding hydrogens is 310 g/mol. The molecule has 23 heavy (non-hydrogen) atoms. The minimum Gasteiger partial charge on any atom is -0.363 e. The maximum Gasteiger partial charge on any atom is 0.227 e. The molecule has 4 rings (SSSR count). The molecule has 0 bridgehead atoms. The van der Waals surface area contributed by atoms with Gasteiger partial charge in [-0.2, -0.15) is 9.36 Å². The largest absolute Gasteiger partial charge is 0.363 e. The van der Waals surface area contributed by atoms with Crippen LogP contribution in [0.1, 0.15) is 24.6 Å². The Balaban J connectivity index is 1.41. The fourth-order valence-corrected chi connectivity index (χ4v) is 3.50. The van der Waals surface area contributed by atoms with Crippen molar-refractivity contribution in [2.24, 2.45) is 0 Å². The van der Waals surface area contributed by atoms with Gasteiger partial charge in [0.15, 0.2) is 0 Å². The lowest BCUT2D eigenvalue weighted by atomic mass is 10.3. The summed E-state index contributed by atoms with van der Waals surface area (Å²) >= 11 is 1.54. The first-order chi connectivity index (χ1) is 11.2. The van der Waals surface area contributed by atoms with Gasteiger partial charge in [-0.05, 0) is 18.9 Å². The van der Waals surface area contributed by atoms with Crippen LogP contribution in [0.25, 0.3) is 0 Å². The monoisotopic (exact) mass is 331 g/mol. The summed E-state index contributed by atoms with van der Waals surface area (Å²) in [7, 11) is 3.99. The van der Waals surface area contributed by atoms with Crippen LogP contribution in [0.2, 0.25) is 0 Å². The molecule has 0 unspecified atom stereocenters. The van der Waals surface area contributed by atoms with Crippen LogP contribution in [-0.4, -0.2) is 59.6 Å². The molecule has 1 aliphatic carbocycles. The highest BCUT2D eigenvalue weighted by Crippen LogP contribution is 2.39. The van der Waals surface area contributed by atoms with Crippen molar-refractivity contribution in [3.05, 3.63) is 18.1 Å². The third kappa shape index (κ3) is 3.08. The van der Waals surface area contributed by atoms with E-state index in [0.29, 0.717) is 5.92 Å². The molecule has 8 heteroatoms. The van der Waals surface area contributed by atoms with Crippen LogP contribution in [0.3, 0.4) is 0 Å². The molecule has 3 heterocycles. The van der Waals surface area contributed by atoms with E-state index in [1.54, 1.807) is 0 Å². The zero-order chi connectivity index (χ0) is 15.8. The lowest BCUT2D eigenvalue weighted by molar-refractivity contribution is 0.637. The summed E-state index contributed by atoms with van der Waals surface area (Å²) in [5.41, 5.74) is 0. The van der Waals surface area contributed by atoms with Gasteiger partial charge in [-0.3, -0.25) is 0 Å². The van der Waals surface area contributed by atoms with E-state index in [0.717, 1.165) is 48.9 Å². The minimum atomic E-state index is 0.628. The summed E-state index contributed by atoms with van der Waals surface area (Å²) in [4.78, 5) is 20.3. The Kier molecular flexibility index (Phi) is 3.76. The maximum absolute atomic E-state index is 4.71. The normalized spacial score (nSPS) is 18.3. The summed E-state index contributed by atoms with van der Waals surface area (Å²) in [6, 6.07) is 1.93. The highest BCUT2D eigenvalue weighted by Gasteiger charge is 2.29. The van der Waals surface area contributed by atoms with Crippen molar-refractivity contribution in [1.29, 1.82) is 0 Å². The molecule has 2 aliphatic rings. The van der Waals surface area contributed by atoms with Crippen LogP contribution >= 0.6 is 11.5 Å². The topological polar surface area (TPSA) is 61.3 Å². The van der Waals surface area contributed by atoms with Gasteiger partial charge in [-0.25, -0.2) is 9.97 Å². The molecule has 2 fully saturated rings. The van der Waals surface area contributed by atoms with E-state index in [4.69, 9.17) is 4.98 Å². The molecule has 2 aromatic heterocycles. The van der Waals surface area contributed by atoms with Gasteiger partial charge in [0.2, 0.25) is 11.1 Å². The van der Waals surface area contributed by atoms with E-state index in [1.165, 1.54) is 24.4 Å². The zero-order valence-corrected chi connectivity index (χ0v) is 14.3. The van der Waals surface area contributed by atoms with Crippen molar-refractivity contribution < 1.29 is 0 Å². The predicted octanol–water partition coefficient (Wildman–Crippen LogP) is 1.60. The number of rotatable bonds is 4. The quantitative estimate of drug-likeness (QED) is 0.843. The van der Waals surface area contributed by atoms with E-state index in [2.05, 4.69) is 24.1 Å². The van der Waals surface area contributed by atoms with E-state index < -0.39 is 0 Å². The van der Waals surface area contributed by atoms with Gasteiger partial charge >= 0.3 is 0 Å². The first kappa shape index (κ1) is 14.6. The molecule has 0 N–H and O–H groups in total. The number of nitrogens with zero attached hydrogens (tertiary/aromatic N) is 7. The average molecular weight is 331 g/mol. The van der Waals surface area contributed by atoms with Gasteiger partial charge < -0.3 is 14.7 Å². The molecule has 0 radical (unpaired) electrons. The number of hydrogen-bond donors (Lipinski definition) is 0. The van der Waals surface area contributed by atoms with Gasteiger partial charge in [0, 0.05) is 63.9 Å². The van der Waals surface area contributed by atoms with E-state index >= 15 is 0 Å². The van der Waals surface area contributed by atoms with E-state index in [1.807, 2.05) is 31.3 Å². The number of hydrogen-bond acceptors (Lipinski definition) is 8. The zero-order valence-electron chi connectivity index (χ0n) is 13.5. The summed E-state index contributed by atoms with van der Waals surface area (Å²) < 4.78 is 4.51. The average Bonchev–Trinajstić information content (AvgIpc) is 3.32. The van der Waals surface area contributed by atoms with Gasteiger partial charge in [-0.1, -0.05) is 0 Å². The van der Waals surface area contributed by atoms with Gasteiger partial charge in [-0.15, -0.1) is 0 Å². The maximum atomic E-state index is 4.71. The van der Waals surface area contributed by atoms with Crippen LogP contribution in [-0.2, 0) is 0 Å². The van der Waals surface area contributed by atoms with Crippen molar-refractivity contribution in [2.75, 3.05) is 55.0 Å². The Hall–Kier alpha value is -1.96. The smallest absolute Gasteiger partial charge is 0.227 e. The fourth-order valence-electron chi connectivity index (χ4n) is 2.70. The third-order valence-electron chi connectivity index (χ3n) is 4.29. The summed E-state index contributed by atoms with van der Waals surface area (Å²) in [5.74, 6) is 3.43. The molecule has 0 aromatic carbocycles. The van der Waals surface area contributed by atoms with Gasteiger partial charge in [0.1, 0.15) is 11.6 Å². The molecule has 1 aliphatic heterocycles. The predicted molar refractivity (Wildman–Crippen MR) is 92.7 cm³/mol. The Labute approximate surface area is 140 Å². The Morgan fingerprint density at radius 3 is 2.52 bits per heavy atom. The highest BCUT2D eigenvalue weighted by atomic mass is 32.1. The molecule has 0 spiro atoms. The molecule has 1 saturated heterocycles. The van der Waals surface area contributed by atoms with Crippen LogP contribution < -0.4 is 14.7 Å². The molecule has 7 nitrogen and oxygen atoms in total. The van der Waals surface area contributed by atoms with Crippen molar-refractivity contribution in [2.45, 2.75) is 18.8 Å². The molecule has 1 saturated carbocycles. The van der Waals surface area contributed by atoms with Crippen molar-refractivity contribution in [1.82, 2.24) is 19.3 Å². The number of aromatic nitrogens is 4. The van der Waals surface area contributed by atoms with Gasteiger partial charge in [0.25, 0.3) is 0 Å². The van der Waals surface area contributed by atoms with Crippen molar-refractivity contribution in [3.63, 3.8) is 0 Å². The molecule has 0 amide bonds. The molecular formula is C15H21N7S. The van der Waals surface area contributed by atoms with Crippen LogP contribution in [0.5, 0.6) is 0 Å². The SMILES string of the molecule is CN(C)c1ccnc(N2CCN(c3nc(C4CC4)ns3)CC2)n1. The highest BCUT2D eigenvalue weighted by molar-refractivity contribution is 7.09. The second-order valence-corrected chi connectivity index (χ2v) is 7.02. The number of anilines is 3. The lowest BCUT2D eigenvalue weighted by Crippen LogP contribution is -2.47. The summed E-state index contributed by atoms with van der Waals surface area (Å²) in [6.07, 6.45) is 4.34. The molecule has 0 atom stereocenters. The summed E-state index contributed by atoms with van der Waals surface area (Å²) in [6.45, 7) is 3.70. The standard InChI is InChI=1S/C15H21N7S/c1-20(2)12-5-6-16-14(17-12)21-7-9-22(10-8-21)15-18-13(19-23-15)11-3-4-11/h5-6,11H,3-4,7-10H2,1-2H3. The Morgan fingerprint density at radius 1 is 1.09 bits per heavy atom. The Morgan fingerprint density at radius 2 is 1.83 bits per heavy atom. The summed E-state index contributed by atoms with van der Waals surface area (Å²) in [5, 5.41) is 1.06. The molecule has 122 valence electrons.